The summed E-state index contributed by atoms with van der Waals surface area (Å²) in [7, 11) is 1.34. The van der Waals surface area contributed by atoms with Gasteiger partial charge in [0.25, 0.3) is 0 Å². The van der Waals surface area contributed by atoms with Gasteiger partial charge in [-0.05, 0) is 24.6 Å². The van der Waals surface area contributed by atoms with Crippen molar-refractivity contribution in [3.8, 4) is 11.1 Å². The van der Waals surface area contributed by atoms with E-state index in [1.54, 1.807) is 18.5 Å². The van der Waals surface area contributed by atoms with E-state index in [2.05, 4.69) is 9.97 Å². The van der Waals surface area contributed by atoms with Gasteiger partial charge in [0.2, 0.25) is 0 Å². The number of hydrogen-bond donors (Lipinski definition) is 1. The number of fused-ring (bicyclic) bond motifs is 1. The zero-order chi connectivity index (χ0) is 15.7. The van der Waals surface area contributed by atoms with Crippen LogP contribution < -0.4 is 0 Å². The predicted molar refractivity (Wildman–Crippen MR) is 82.9 cm³/mol. The van der Waals surface area contributed by atoms with E-state index in [-0.39, 0.29) is 5.78 Å². The van der Waals surface area contributed by atoms with Crippen LogP contribution in [0.3, 0.4) is 0 Å². The number of carbonyl (C=O) groups excluding carboxylic acids is 2. The molecule has 22 heavy (non-hydrogen) atoms. The molecule has 2 aromatic heterocycles. The molecule has 5 heteroatoms. The Bertz CT molecular complexity index is 880. The Hall–Kier alpha value is -2.95. The van der Waals surface area contributed by atoms with Crippen molar-refractivity contribution in [2.75, 3.05) is 7.11 Å². The number of aromatic amines is 1. The molecular formula is C17H14N2O3. The number of carbonyl (C=O) groups is 2. The number of Topliss-reactive ketones (excluding diaryl/α,β-unsaturated/α-hetero) is 1. The summed E-state index contributed by atoms with van der Waals surface area (Å²) in [5, 5.41) is 0.692. The molecule has 0 fully saturated rings. The second kappa shape index (κ2) is 5.44. The molecule has 0 aliphatic carbocycles. The average Bonchev–Trinajstić information content (AvgIpc) is 2.97. The standard InChI is InChI=1S/C17H14N2O3/c1-10(20)11-4-3-5-12(6-11)13-7-14-15(17(21)22-2)9-19-16(14)18-8-13/h3-9H,1-2H3,(H,18,19). The SMILES string of the molecule is COC(=O)c1c[nH]c2ncc(-c3cccc(C(C)=O)c3)cc12. The third-order valence-corrected chi connectivity index (χ3v) is 3.54. The van der Waals surface area contributed by atoms with Crippen molar-refractivity contribution in [3.05, 3.63) is 53.9 Å². The van der Waals surface area contributed by atoms with Crippen LogP contribution >= 0.6 is 0 Å². The number of pyridine rings is 1. The summed E-state index contributed by atoms with van der Waals surface area (Å²) in [4.78, 5) is 30.5. The molecule has 0 atom stereocenters. The maximum Gasteiger partial charge on any atom is 0.340 e. The summed E-state index contributed by atoms with van der Waals surface area (Å²) in [5.41, 5.74) is 3.40. The lowest BCUT2D eigenvalue weighted by molar-refractivity contribution is 0.0603. The van der Waals surface area contributed by atoms with E-state index in [4.69, 9.17) is 4.74 Å². The van der Waals surface area contributed by atoms with Gasteiger partial charge in [-0.2, -0.15) is 0 Å². The molecule has 0 unspecified atom stereocenters. The first kappa shape index (κ1) is 14.0. The van der Waals surface area contributed by atoms with Crippen molar-refractivity contribution in [2.24, 2.45) is 0 Å². The summed E-state index contributed by atoms with van der Waals surface area (Å²) in [5.74, 6) is -0.407. The molecular weight excluding hydrogens is 280 g/mol. The molecule has 1 aromatic carbocycles. The molecule has 0 amide bonds. The minimum atomic E-state index is -0.414. The highest BCUT2D eigenvalue weighted by atomic mass is 16.5. The average molecular weight is 294 g/mol. The normalized spacial score (nSPS) is 10.6. The topological polar surface area (TPSA) is 72.1 Å². The first-order valence-corrected chi connectivity index (χ1v) is 6.77. The van der Waals surface area contributed by atoms with Crippen LogP contribution in [0.25, 0.3) is 22.2 Å². The number of ketones is 1. The van der Waals surface area contributed by atoms with Crippen molar-refractivity contribution in [1.82, 2.24) is 9.97 Å². The van der Waals surface area contributed by atoms with Gasteiger partial charge in [-0.3, -0.25) is 4.79 Å². The van der Waals surface area contributed by atoms with Crippen LogP contribution in [0.5, 0.6) is 0 Å². The predicted octanol–water partition coefficient (Wildman–Crippen LogP) is 3.22. The zero-order valence-corrected chi connectivity index (χ0v) is 12.2. The van der Waals surface area contributed by atoms with Crippen LogP contribution in [0.2, 0.25) is 0 Å². The fourth-order valence-electron chi connectivity index (χ4n) is 2.36. The highest BCUT2D eigenvalue weighted by Crippen LogP contribution is 2.25. The Morgan fingerprint density at radius 3 is 2.73 bits per heavy atom. The van der Waals surface area contributed by atoms with Gasteiger partial charge in [0.05, 0.1) is 12.7 Å². The van der Waals surface area contributed by atoms with E-state index in [1.807, 2.05) is 24.3 Å². The van der Waals surface area contributed by atoms with Crippen LogP contribution in [0.1, 0.15) is 27.6 Å². The number of ether oxygens (including phenoxy) is 1. The Morgan fingerprint density at radius 2 is 2.00 bits per heavy atom. The smallest absolute Gasteiger partial charge is 0.340 e. The monoisotopic (exact) mass is 294 g/mol. The summed E-state index contributed by atoms with van der Waals surface area (Å²) in [6.07, 6.45) is 3.29. The van der Waals surface area contributed by atoms with Crippen molar-refractivity contribution in [2.45, 2.75) is 6.92 Å². The highest BCUT2D eigenvalue weighted by molar-refractivity contribution is 6.04. The van der Waals surface area contributed by atoms with Crippen LogP contribution in [0.15, 0.2) is 42.7 Å². The first-order valence-electron chi connectivity index (χ1n) is 6.77. The summed E-state index contributed by atoms with van der Waals surface area (Å²) in [6.45, 7) is 1.53. The molecule has 0 radical (unpaired) electrons. The molecule has 3 aromatic rings. The van der Waals surface area contributed by atoms with Crippen molar-refractivity contribution < 1.29 is 14.3 Å². The highest BCUT2D eigenvalue weighted by Gasteiger charge is 2.14. The van der Waals surface area contributed by atoms with E-state index < -0.39 is 5.97 Å². The molecule has 2 heterocycles. The quantitative estimate of drug-likeness (QED) is 0.594. The number of esters is 1. The molecule has 1 N–H and O–H groups in total. The van der Waals surface area contributed by atoms with E-state index >= 15 is 0 Å². The van der Waals surface area contributed by atoms with Crippen molar-refractivity contribution in [1.29, 1.82) is 0 Å². The van der Waals surface area contributed by atoms with Crippen LogP contribution in [-0.4, -0.2) is 28.8 Å². The van der Waals surface area contributed by atoms with Crippen molar-refractivity contribution >= 4 is 22.8 Å². The maximum atomic E-state index is 11.8. The van der Waals surface area contributed by atoms with Gasteiger partial charge in [-0.25, -0.2) is 9.78 Å². The fourth-order valence-corrected chi connectivity index (χ4v) is 2.36. The van der Waals surface area contributed by atoms with Crippen LogP contribution in [0, 0.1) is 0 Å². The van der Waals surface area contributed by atoms with Gasteiger partial charge >= 0.3 is 5.97 Å². The van der Waals surface area contributed by atoms with E-state index in [9.17, 15) is 9.59 Å². The molecule has 0 bridgehead atoms. The molecule has 0 spiro atoms. The van der Waals surface area contributed by atoms with Crippen LogP contribution in [0.4, 0.5) is 0 Å². The molecule has 0 aliphatic rings. The minimum Gasteiger partial charge on any atom is -0.465 e. The van der Waals surface area contributed by atoms with Gasteiger partial charge in [0.1, 0.15) is 5.65 Å². The number of aromatic nitrogens is 2. The lowest BCUT2D eigenvalue weighted by Gasteiger charge is -2.04. The molecule has 110 valence electrons. The number of nitrogens with zero attached hydrogens (tertiary/aromatic N) is 1. The minimum absolute atomic E-state index is 0.00721. The Morgan fingerprint density at radius 1 is 1.18 bits per heavy atom. The number of hydrogen-bond acceptors (Lipinski definition) is 4. The number of methoxy groups -OCH3 is 1. The van der Waals surface area contributed by atoms with Crippen LogP contribution in [-0.2, 0) is 4.74 Å². The number of H-pyrrole nitrogens is 1. The zero-order valence-electron chi connectivity index (χ0n) is 12.2. The lowest BCUT2D eigenvalue weighted by Crippen LogP contribution is -1.99. The van der Waals surface area contributed by atoms with Crippen molar-refractivity contribution in [3.63, 3.8) is 0 Å². The molecule has 0 saturated carbocycles. The number of benzene rings is 1. The fraction of sp³-hybridized carbons (Fsp3) is 0.118. The Kier molecular flexibility index (Phi) is 3.47. The Balaban J connectivity index is 2.13. The number of rotatable bonds is 3. The van der Waals surface area contributed by atoms with Gasteiger partial charge < -0.3 is 9.72 Å². The number of nitrogens with one attached hydrogen (secondary N) is 1. The van der Waals surface area contributed by atoms with E-state index in [0.29, 0.717) is 22.2 Å². The largest absolute Gasteiger partial charge is 0.465 e. The lowest BCUT2D eigenvalue weighted by atomic mass is 10.0. The molecule has 3 rings (SSSR count). The molecule has 0 aliphatic heterocycles. The summed E-state index contributed by atoms with van der Waals surface area (Å²) < 4.78 is 4.77. The van der Waals surface area contributed by atoms with E-state index in [1.165, 1.54) is 14.0 Å². The Labute approximate surface area is 126 Å². The second-order valence-corrected chi connectivity index (χ2v) is 4.95. The van der Waals surface area contributed by atoms with Gasteiger partial charge in [-0.1, -0.05) is 18.2 Å². The molecule has 0 saturated heterocycles. The third kappa shape index (κ3) is 2.37. The first-order chi connectivity index (χ1) is 10.6. The third-order valence-electron chi connectivity index (χ3n) is 3.54. The maximum absolute atomic E-state index is 11.8. The van der Waals surface area contributed by atoms with E-state index in [0.717, 1.165) is 11.1 Å². The van der Waals surface area contributed by atoms with Gasteiger partial charge in [0, 0.05) is 28.9 Å². The van der Waals surface area contributed by atoms with Gasteiger partial charge in [-0.15, -0.1) is 0 Å². The summed E-state index contributed by atoms with van der Waals surface area (Å²) in [6, 6.07) is 9.18. The van der Waals surface area contributed by atoms with Gasteiger partial charge in [0.15, 0.2) is 5.78 Å². The summed E-state index contributed by atoms with van der Waals surface area (Å²) >= 11 is 0. The second-order valence-electron chi connectivity index (χ2n) is 4.95. The molecule has 5 nitrogen and oxygen atoms in total.